The lowest BCUT2D eigenvalue weighted by molar-refractivity contribution is 0.0792. The molecule has 2 aromatic rings. The van der Waals surface area contributed by atoms with Crippen molar-refractivity contribution in [1.29, 1.82) is 0 Å². The van der Waals surface area contributed by atoms with Crippen molar-refractivity contribution < 1.29 is 9.84 Å². The molecule has 1 fully saturated rings. The molecule has 6 nitrogen and oxygen atoms in total. The third kappa shape index (κ3) is 9.14. The average Bonchev–Trinajstić information content (AvgIpc) is 2.80. The average molecular weight is 567 g/mol. The minimum atomic E-state index is -0.121. The fourth-order valence-electron chi connectivity index (χ4n) is 3.84. The number of para-hydroxylation sites is 1. The van der Waals surface area contributed by atoms with Crippen molar-refractivity contribution in [3.63, 3.8) is 0 Å². The van der Waals surface area contributed by atoms with Crippen LogP contribution in [0.1, 0.15) is 36.5 Å². The first-order valence-corrected chi connectivity index (χ1v) is 11.7. The van der Waals surface area contributed by atoms with Crippen molar-refractivity contribution in [3.8, 4) is 5.75 Å². The Morgan fingerprint density at radius 2 is 1.79 bits per heavy atom. The fraction of sp³-hybridized carbons (Fsp3) is 0.500. The van der Waals surface area contributed by atoms with Gasteiger partial charge < -0.3 is 20.1 Å². The second kappa shape index (κ2) is 14.4. The monoisotopic (exact) mass is 566 g/mol. The van der Waals surface area contributed by atoms with Crippen LogP contribution in [0.25, 0.3) is 0 Å². The van der Waals surface area contributed by atoms with Gasteiger partial charge in [0.2, 0.25) is 0 Å². The molecule has 0 radical (unpaired) electrons. The molecule has 0 amide bonds. The van der Waals surface area contributed by atoms with Gasteiger partial charge in [-0.2, -0.15) is 0 Å². The Kier molecular flexibility index (Phi) is 12.0. The first-order chi connectivity index (χ1) is 15.5. The highest BCUT2D eigenvalue weighted by atomic mass is 127. The lowest BCUT2D eigenvalue weighted by atomic mass is 10.1. The Hall–Kier alpha value is -1.84. The number of aryl methyl sites for hydroxylation is 1. The third-order valence-corrected chi connectivity index (χ3v) is 5.87. The number of piperidine rings is 1. The van der Waals surface area contributed by atoms with Crippen LogP contribution >= 0.6 is 24.0 Å². The van der Waals surface area contributed by atoms with E-state index in [1.807, 2.05) is 25.2 Å². The van der Waals surface area contributed by atoms with E-state index in [0.717, 1.165) is 62.8 Å². The standard InChI is InChI=1S/C26H38N4O2.HI/c1-4-27-26(29(3)17-18-32-25-8-6-5-7-21(25)2)28-19-22-9-11-23(12-10-22)20-30-15-13-24(31)14-16-30;/h5-12,24,31H,4,13-20H2,1-3H3,(H,27,28);1H. The number of aliphatic imine (C=N–C) groups is 1. The SMILES string of the molecule is CCNC(=NCc1ccc(CN2CCC(O)CC2)cc1)N(C)CCOc1ccccc1C.I. The van der Waals surface area contributed by atoms with Crippen LogP contribution < -0.4 is 10.1 Å². The van der Waals surface area contributed by atoms with Gasteiger partial charge in [-0.15, -0.1) is 24.0 Å². The number of aliphatic hydroxyl groups excluding tert-OH is 1. The molecule has 1 aliphatic rings. The van der Waals surface area contributed by atoms with Gasteiger partial charge >= 0.3 is 0 Å². The number of rotatable bonds is 9. The molecule has 2 N–H and O–H groups in total. The number of halogens is 1. The molecule has 33 heavy (non-hydrogen) atoms. The number of nitrogens with zero attached hydrogens (tertiary/aromatic N) is 3. The number of likely N-dealkylation sites (tertiary alicyclic amines) is 1. The number of benzene rings is 2. The van der Waals surface area contributed by atoms with Gasteiger partial charge in [-0.1, -0.05) is 42.5 Å². The van der Waals surface area contributed by atoms with Crippen molar-refractivity contribution in [3.05, 3.63) is 65.2 Å². The van der Waals surface area contributed by atoms with Crippen molar-refractivity contribution in [2.24, 2.45) is 4.99 Å². The zero-order valence-electron chi connectivity index (χ0n) is 20.2. The predicted molar refractivity (Wildman–Crippen MR) is 146 cm³/mol. The summed E-state index contributed by atoms with van der Waals surface area (Å²) in [5.41, 5.74) is 3.66. The number of hydrogen-bond acceptors (Lipinski definition) is 4. The van der Waals surface area contributed by atoms with Gasteiger partial charge in [0.25, 0.3) is 0 Å². The highest BCUT2D eigenvalue weighted by molar-refractivity contribution is 14.0. The molecule has 1 aliphatic heterocycles. The summed E-state index contributed by atoms with van der Waals surface area (Å²) in [6.45, 7) is 9.86. The number of hydrogen-bond donors (Lipinski definition) is 2. The largest absolute Gasteiger partial charge is 0.491 e. The molecule has 0 saturated carbocycles. The molecule has 1 heterocycles. The van der Waals surface area contributed by atoms with Gasteiger partial charge in [0.1, 0.15) is 12.4 Å². The molecule has 2 aromatic carbocycles. The summed E-state index contributed by atoms with van der Waals surface area (Å²) >= 11 is 0. The molecule has 1 saturated heterocycles. The zero-order chi connectivity index (χ0) is 22.8. The van der Waals surface area contributed by atoms with Crippen LogP contribution in [0.3, 0.4) is 0 Å². The topological polar surface area (TPSA) is 60.3 Å². The number of nitrogens with one attached hydrogen (secondary N) is 1. The van der Waals surface area contributed by atoms with Crippen molar-refractivity contribution >= 4 is 29.9 Å². The van der Waals surface area contributed by atoms with Gasteiger partial charge in [0.15, 0.2) is 5.96 Å². The van der Waals surface area contributed by atoms with Gasteiger partial charge in [0.05, 0.1) is 19.2 Å². The van der Waals surface area contributed by atoms with Crippen molar-refractivity contribution in [2.75, 3.05) is 39.8 Å². The van der Waals surface area contributed by atoms with Crippen LogP contribution in [0.5, 0.6) is 5.75 Å². The molecule has 3 rings (SSSR count). The van der Waals surface area contributed by atoms with E-state index < -0.39 is 0 Å². The number of aliphatic hydroxyl groups is 1. The smallest absolute Gasteiger partial charge is 0.194 e. The summed E-state index contributed by atoms with van der Waals surface area (Å²) in [5.74, 6) is 1.82. The lowest BCUT2D eigenvalue weighted by Crippen LogP contribution is -2.40. The summed E-state index contributed by atoms with van der Waals surface area (Å²) in [6, 6.07) is 16.8. The highest BCUT2D eigenvalue weighted by Gasteiger charge is 2.16. The minimum Gasteiger partial charge on any atom is -0.491 e. The van der Waals surface area contributed by atoms with E-state index in [2.05, 4.69) is 59.3 Å². The minimum absolute atomic E-state index is 0. The first kappa shape index (κ1) is 27.4. The number of likely N-dealkylation sites (N-methyl/N-ethyl adjacent to an activating group) is 1. The zero-order valence-corrected chi connectivity index (χ0v) is 22.5. The van der Waals surface area contributed by atoms with Gasteiger partial charge in [-0.3, -0.25) is 4.90 Å². The normalized spacial score (nSPS) is 15.1. The molecular formula is C26H39IN4O2. The van der Waals surface area contributed by atoms with E-state index >= 15 is 0 Å². The van der Waals surface area contributed by atoms with Crippen LogP contribution in [-0.2, 0) is 13.1 Å². The maximum atomic E-state index is 9.67. The Bertz CT molecular complexity index is 852. The molecule has 0 unspecified atom stereocenters. The quantitative estimate of drug-likeness (QED) is 0.273. The van der Waals surface area contributed by atoms with Crippen LogP contribution in [0.4, 0.5) is 0 Å². The first-order valence-electron chi connectivity index (χ1n) is 11.7. The van der Waals surface area contributed by atoms with Gasteiger partial charge in [0, 0.05) is 33.2 Å². The van der Waals surface area contributed by atoms with Gasteiger partial charge in [-0.05, 0) is 49.4 Å². The molecule has 0 aliphatic carbocycles. The van der Waals surface area contributed by atoms with Crippen LogP contribution in [0.15, 0.2) is 53.5 Å². The maximum absolute atomic E-state index is 9.67. The molecular weight excluding hydrogens is 527 g/mol. The second-order valence-electron chi connectivity index (χ2n) is 8.53. The molecule has 182 valence electrons. The predicted octanol–water partition coefficient (Wildman–Crippen LogP) is 4.05. The highest BCUT2D eigenvalue weighted by Crippen LogP contribution is 2.16. The van der Waals surface area contributed by atoms with E-state index in [9.17, 15) is 5.11 Å². The molecule has 7 heteroatoms. The summed E-state index contributed by atoms with van der Waals surface area (Å²) in [4.78, 5) is 9.34. The maximum Gasteiger partial charge on any atom is 0.194 e. The van der Waals surface area contributed by atoms with E-state index in [4.69, 9.17) is 9.73 Å². The summed E-state index contributed by atoms with van der Waals surface area (Å²) in [6.07, 6.45) is 1.64. The molecule has 0 spiro atoms. The summed E-state index contributed by atoms with van der Waals surface area (Å²) in [7, 11) is 2.04. The van der Waals surface area contributed by atoms with Crippen molar-refractivity contribution in [1.82, 2.24) is 15.1 Å². The molecule has 0 aromatic heterocycles. The van der Waals surface area contributed by atoms with E-state index in [1.54, 1.807) is 0 Å². The Morgan fingerprint density at radius 3 is 2.45 bits per heavy atom. The van der Waals surface area contributed by atoms with Crippen LogP contribution in [-0.4, -0.2) is 66.8 Å². The second-order valence-corrected chi connectivity index (χ2v) is 8.53. The van der Waals surface area contributed by atoms with Crippen LogP contribution in [0.2, 0.25) is 0 Å². The summed E-state index contributed by atoms with van der Waals surface area (Å²) in [5, 5.41) is 13.0. The molecule has 0 atom stereocenters. The number of guanidine groups is 1. The van der Waals surface area contributed by atoms with E-state index in [0.29, 0.717) is 13.2 Å². The lowest BCUT2D eigenvalue weighted by Gasteiger charge is -2.29. The van der Waals surface area contributed by atoms with Crippen molar-refractivity contribution in [2.45, 2.75) is 45.9 Å². The van der Waals surface area contributed by atoms with Gasteiger partial charge in [-0.25, -0.2) is 4.99 Å². The third-order valence-electron chi connectivity index (χ3n) is 5.87. The Labute approximate surface area is 216 Å². The van der Waals surface area contributed by atoms with Crippen LogP contribution in [0, 0.1) is 6.92 Å². The number of ether oxygens (including phenoxy) is 1. The Morgan fingerprint density at radius 1 is 1.12 bits per heavy atom. The Balaban J connectivity index is 0.00000385. The molecule has 0 bridgehead atoms. The van der Waals surface area contributed by atoms with E-state index in [1.165, 1.54) is 11.1 Å². The fourth-order valence-corrected chi connectivity index (χ4v) is 3.84. The van der Waals surface area contributed by atoms with E-state index in [-0.39, 0.29) is 30.1 Å². The summed E-state index contributed by atoms with van der Waals surface area (Å²) < 4.78 is 5.94.